The SMILES string of the molecule is CC(C)C(NC(=O)C(Cc1ccccc1)NC(=O)C(CO)NC(=O)C(N)Cc1c[nH]c2ccccc12)C(=O)O. The summed E-state index contributed by atoms with van der Waals surface area (Å²) in [4.78, 5) is 53.6. The Morgan fingerprint density at radius 2 is 1.46 bits per heavy atom. The number of benzene rings is 2. The van der Waals surface area contributed by atoms with E-state index in [1.807, 2.05) is 24.3 Å². The van der Waals surface area contributed by atoms with Gasteiger partial charge in [-0.1, -0.05) is 62.4 Å². The molecule has 3 amide bonds. The molecule has 0 spiro atoms. The lowest BCUT2D eigenvalue weighted by Gasteiger charge is -2.25. The summed E-state index contributed by atoms with van der Waals surface area (Å²) in [5.41, 5.74) is 8.56. The Hall–Kier alpha value is -4.22. The van der Waals surface area contributed by atoms with E-state index in [9.17, 15) is 29.4 Å². The second kappa shape index (κ2) is 13.5. The minimum atomic E-state index is -1.38. The van der Waals surface area contributed by atoms with Crippen molar-refractivity contribution >= 4 is 34.6 Å². The van der Waals surface area contributed by atoms with E-state index >= 15 is 0 Å². The second-order valence-corrected chi connectivity index (χ2v) is 9.73. The predicted molar refractivity (Wildman–Crippen MR) is 145 cm³/mol. The molecule has 2 aromatic carbocycles. The van der Waals surface area contributed by atoms with Crippen molar-refractivity contribution in [3.8, 4) is 0 Å². The number of aliphatic carboxylic acids is 1. The maximum atomic E-state index is 13.1. The van der Waals surface area contributed by atoms with Gasteiger partial charge in [0.15, 0.2) is 0 Å². The number of carbonyl (C=O) groups excluding carboxylic acids is 3. The van der Waals surface area contributed by atoms with E-state index in [0.717, 1.165) is 22.0 Å². The zero-order chi connectivity index (χ0) is 28.5. The molecule has 0 bridgehead atoms. The van der Waals surface area contributed by atoms with Gasteiger partial charge in [0, 0.05) is 23.5 Å². The van der Waals surface area contributed by atoms with Crippen LogP contribution in [-0.2, 0) is 32.0 Å². The average molecular weight is 538 g/mol. The van der Waals surface area contributed by atoms with Gasteiger partial charge in [-0.05, 0) is 29.5 Å². The molecule has 208 valence electrons. The van der Waals surface area contributed by atoms with Gasteiger partial charge in [-0.2, -0.15) is 0 Å². The Labute approximate surface area is 226 Å². The number of aliphatic hydroxyl groups excluding tert-OH is 1. The van der Waals surface area contributed by atoms with Crippen molar-refractivity contribution in [2.75, 3.05) is 6.61 Å². The minimum absolute atomic E-state index is 0.0645. The van der Waals surface area contributed by atoms with Gasteiger partial charge >= 0.3 is 5.97 Å². The van der Waals surface area contributed by atoms with E-state index in [2.05, 4.69) is 20.9 Å². The third kappa shape index (κ3) is 7.88. The number of H-pyrrole nitrogens is 1. The monoisotopic (exact) mass is 537 g/mol. The van der Waals surface area contributed by atoms with E-state index in [0.29, 0.717) is 0 Å². The molecule has 3 aromatic rings. The largest absolute Gasteiger partial charge is 0.480 e. The van der Waals surface area contributed by atoms with Crippen LogP contribution in [0.4, 0.5) is 0 Å². The highest BCUT2D eigenvalue weighted by Gasteiger charge is 2.31. The van der Waals surface area contributed by atoms with Crippen molar-refractivity contribution in [3.63, 3.8) is 0 Å². The Kier molecular flexibility index (Phi) is 10.2. The number of aromatic amines is 1. The highest BCUT2D eigenvalue weighted by molar-refractivity contribution is 5.94. The van der Waals surface area contributed by atoms with Gasteiger partial charge in [-0.15, -0.1) is 0 Å². The number of carboxylic acids is 1. The van der Waals surface area contributed by atoms with E-state index in [1.54, 1.807) is 50.4 Å². The quantitative estimate of drug-likeness (QED) is 0.165. The molecule has 3 rings (SSSR count). The number of carboxylic acid groups (broad SMARTS) is 1. The van der Waals surface area contributed by atoms with Crippen molar-refractivity contribution < 1.29 is 29.4 Å². The molecule has 0 aliphatic rings. The molecule has 0 aliphatic carbocycles. The molecular formula is C28H35N5O6. The van der Waals surface area contributed by atoms with Gasteiger partial charge in [0.25, 0.3) is 0 Å². The van der Waals surface area contributed by atoms with Gasteiger partial charge in [-0.25, -0.2) is 4.79 Å². The van der Waals surface area contributed by atoms with Crippen LogP contribution in [0, 0.1) is 5.92 Å². The normalized spacial score (nSPS) is 14.3. The van der Waals surface area contributed by atoms with Gasteiger partial charge in [0.05, 0.1) is 12.6 Å². The third-order valence-corrected chi connectivity index (χ3v) is 6.41. The number of carbonyl (C=O) groups is 4. The number of aromatic nitrogens is 1. The van der Waals surface area contributed by atoms with Crippen LogP contribution in [0.5, 0.6) is 0 Å². The predicted octanol–water partition coefficient (Wildman–Crippen LogP) is 0.468. The van der Waals surface area contributed by atoms with Crippen molar-refractivity contribution in [2.45, 2.75) is 50.9 Å². The number of nitrogens with two attached hydrogens (primary N) is 1. The minimum Gasteiger partial charge on any atom is -0.480 e. The molecule has 39 heavy (non-hydrogen) atoms. The number of amides is 3. The molecule has 1 heterocycles. The Balaban J connectivity index is 1.69. The van der Waals surface area contributed by atoms with E-state index in [4.69, 9.17) is 5.73 Å². The fourth-order valence-corrected chi connectivity index (χ4v) is 4.20. The molecule has 11 heteroatoms. The smallest absolute Gasteiger partial charge is 0.326 e. The van der Waals surface area contributed by atoms with Crippen LogP contribution in [0.2, 0.25) is 0 Å². The lowest BCUT2D eigenvalue weighted by atomic mass is 10.0. The van der Waals surface area contributed by atoms with Crippen molar-refractivity contribution in [1.82, 2.24) is 20.9 Å². The first-order chi connectivity index (χ1) is 18.6. The summed E-state index contributed by atoms with van der Waals surface area (Å²) in [6, 6.07) is 11.7. The summed E-state index contributed by atoms with van der Waals surface area (Å²) in [6.07, 6.45) is 2.03. The standard InChI is InChI=1S/C28H35N5O6/c1-16(2)24(28(38)39)33-26(36)22(12-17-8-4-3-5-9-17)31-27(37)23(15-34)32-25(35)20(29)13-18-14-30-21-11-7-6-10-19(18)21/h3-11,14,16,20,22-24,30,34H,12-13,15,29H2,1-2H3,(H,31,37)(H,32,35)(H,33,36)(H,38,39). The Bertz CT molecular complexity index is 1290. The zero-order valence-electron chi connectivity index (χ0n) is 21.9. The number of fused-ring (bicyclic) bond motifs is 1. The molecular weight excluding hydrogens is 502 g/mol. The van der Waals surface area contributed by atoms with Crippen LogP contribution in [-0.4, -0.2) is 69.7 Å². The Morgan fingerprint density at radius 1 is 0.846 bits per heavy atom. The number of hydrogen-bond acceptors (Lipinski definition) is 6. The van der Waals surface area contributed by atoms with E-state index in [-0.39, 0.29) is 12.8 Å². The average Bonchev–Trinajstić information content (AvgIpc) is 3.32. The lowest BCUT2D eigenvalue weighted by molar-refractivity contribution is -0.143. The Morgan fingerprint density at radius 3 is 2.10 bits per heavy atom. The highest BCUT2D eigenvalue weighted by atomic mass is 16.4. The van der Waals surface area contributed by atoms with Crippen LogP contribution in [0.25, 0.3) is 10.9 Å². The highest BCUT2D eigenvalue weighted by Crippen LogP contribution is 2.18. The number of aliphatic hydroxyl groups is 1. The van der Waals surface area contributed by atoms with E-state index < -0.39 is 60.4 Å². The van der Waals surface area contributed by atoms with Gasteiger partial charge in [-0.3, -0.25) is 14.4 Å². The first-order valence-electron chi connectivity index (χ1n) is 12.7. The maximum Gasteiger partial charge on any atom is 0.326 e. The van der Waals surface area contributed by atoms with Crippen LogP contribution in [0.3, 0.4) is 0 Å². The fraction of sp³-hybridized carbons (Fsp3) is 0.357. The number of nitrogens with one attached hydrogen (secondary N) is 4. The molecule has 8 N–H and O–H groups in total. The zero-order valence-corrected chi connectivity index (χ0v) is 21.9. The van der Waals surface area contributed by atoms with Gasteiger partial charge in [0.2, 0.25) is 17.7 Å². The molecule has 4 unspecified atom stereocenters. The summed E-state index contributed by atoms with van der Waals surface area (Å²) < 4.78 is 0. The summed E-state index contributed by atoms with van der Waals surface area (Å²) in [7, 11) is 0. The molecule has 0 radical (unpaired) electrons. The molecule has 1 aromatic heterocycles. The van der Waals surface area contributed by atoms with Crippen LogP contribution in [0.15, 0.2) is 60.8 Å². The summed E-state index contributed by atoms with van der Waals surface area (Å²) in [5.74, 6) is -3.76. The topological polar surface area (TPSA) is 187 Å². The van der Waals surface area contributed by atoms with E-state index in [1.165, 1.54) is 0 Å². The summed E-state index contributed by atoms with van der Waals surface area (Å²) in [6.45, 7) is 2.57. The molecule has 0 fully saturated rings. The second-order valence-electron chi connectivity index (χ2n) is 9.73. The van der Waals surface area contributed by atoms with Crippen molar-refractivity contribution in [2.24, 2.45) is 11.7 Å². The molecule has 0 saturated heterocycles. The number of para-hydroxylation sites is 1. The van der Waals surface area contributed by atoms with Crippen LogP contribution >= 0.6 is 0 Å². The first-order valence-corrected chi connectivity index (χ1v) is 12.7. The van der Waals surface area contributed by atoms with Crippen molar-refractivity contribution in [3.05, 3.63) is 71.9 Å². The maximum absolute atomic E-state index is 13.1. The molecule has 11 nitrogen and oxygen atoms in total. The lowest BCUT2D eigenvalue weighted by Crippen LogP contribution is -2.59. The molecule has 0 saturated carbocycles. The molecule has 4 atom stereocenters. The van der Waals surface area contributed by atoms with Crippen LogP contribution < -0.4 is 21.7 Å². The van der Waals surface area contributed by atoms with Crippen molar-refractivity contribution in [1.29, 1.82) is 0 Å². The van der Waals surface area contributed by atoms with Crippen LogP contribution in [0.1, 0.15) is 25.0 Å². The third-order valence-electron chi connectivity index (χ3n) is 6.41. The number of hydrogen-bond donors (Lipinski definition) is 7. The fourth-order valence-electron chi connectivity index (χ4n) is 4.20. The first kappa shape index (κ1) is 29.3. The summed E-state index contributed by atoms with van der Waals surface area (Å²) >= 11 is 0. The number of rotatable bonds is 13. The van der Waals surface area contributed by atoms with Gasteiger partial charge in [0.1, 0.15) is 18.1 Å². The van der Waals surface area contributed by atoms with Gasteiger partial charge < -0.3 is 36.9 Å². The summed E-state index contributed by atoms with van der Waals surface area (Å²) in [5, 5.41) is 27.7. The molecule has 0 aliphatic heterocycles.